The number of anilines is 5. The van der Waals surface area contributed by atoms with Crippen LogP contribution in [0.5, 0.6) is 0 Å². The molecule has 0 spiro atoms. The quantitative estimate of drug-likeness (QED) is 0.169. The number of fused-ring (bicyclic) bond motifs is 9. The maximum atomic E-state index is 2.51. The Kier molecular flexibility index (Phi) is 7.32. The normalized spacial score (nSPS) is 14.7. The van der Waals surface area contributed by atoms with E-state index < -0.39 is 0 Å². The van der Waals surface area contributed by atoms with Gasteiger partial charge in [-0.2, -0.15) is 0 Å². The highest BCUT2D eigenvalue weighted by molar-refractivity contribution is 6.10. The summed E-state index contributed by atoms with van der Waals surface area (Å²) in [7, 11) is 0. The zero-order valence-electron chi connectivity index (χ0n) is 31.8. The Morgan fingerprint density at radius 2 is 0.793 bits per heavy atom. The topological polar surface area (TPSA) is 16.3 Å². The maximum Gasteiger partial charge on any atom is 0.0632 e. The highest BCUT2D eigenvalue weighted by atomic mass is 15.2. The zero-order valence-corrected chi connectivity index (χ0v) is 31.8. The fourth-order valence-corrected chi connectivity index (χ4v) is 9.66. The minimum atomic E-state index is 0.297. The van der Waals surface area contributed by atoms with Crippen LogP contribution in [-0.2, 0) is 0 Å². The van der Waals surface area contributed by atoms with Crippen molar-refractivity contribution in [3.05, 3.63) is 218 Å². The van der Waals surface area contributed by atoms with Gasteiger partial charge in [-0.1, -0.05) is 109 Å². The number of nitrogens with zero attached hydrogens (tertiary/aromatic N) is 4. The summed E-state index contributed by atoms with van der Waals surface area (Å²) in [5.41, 5.74) is 15.6. The van der Waals surface area contributed by atoms with Crippen LogP contribution in [0.15, 0.2) is 212 Å². The average molecular weight is 743 g/mol. The van der Waals surface area contributed by atoms with Gasteiger partial charge in [0.25, 0.3) is 0 Å². The van der Waals surface area contributed by atoms with Crippen LogP contribution in [0, 0.1) is 0 Å². The predicted molar refractivity (Wildman–Crippen MR) is 244 cm³/mol. The smallest absolute Gasteiger partial charge is 0.0632 e. The van der Waals surface area contributed by atoms with Crippen molar-refractivity contribution in [3.63, 3.8) is 0 Å². The second kappa shape index (κ2) is 13.0. The minimum Gasteiger partial charge on any atom is -0.333 e. The van der Waals surface area contributed by atoms with Crippen LogP contribution in [0.25, 0.3) is 60.6 Å². The summed E-state index contributed by atoms with van der Waals surface area (Å²) in [5, 5.41) is 5.05. The van der Waals surface area contributed by atoms with Gasteiger partial charge in [0.05, 0.1) is 28.1 Å². The molecular formula is C54H38N4. The second-order valence-corrected chi connectivity index (χ2v) is 15.3. The van der Waals surface area contributed by atoms with Gasteiger partial charge in [-0.25, -0.2) is 0 Å². The fraction of sp³-hybridized carbons (Fsp3) is 0.0370. The molecule has 0 N–H and O–H groups in total. The van der Waals surface area contributed by atoms with E-state index in [1.54, 1.807) is 0 Å². The molecule has 4 heteroatoms. The molecule has 1 aliphatic carbocycles. The third-order valence-electron chi connectivity index (χ3n) is 12.2. The summed E-state index contributed by atoms with van der Waals surface area (Å²) in [4.78, 5) is 4.89. The molecule has 1 unspecified atom stereocenters. The van der Waals surface area contributed by atoms with Crippen LogP contribution in [0.2, 0.25) is 0 Å². The van der Waals surface area contributed by atoms with Gasteiger partial charge < -0.3 is 18.9 Å². The second-order valence-electron chi connectivity index (χ2n) is 15.3. The molecule has 12 rings (SSSR count). The largest absolute Gasteiger partial charge is 0.333 e. The van der Waals surface area contributed by atoms with E-state index in [9.17, 15) is 0 Å². The Morgan fingerprint density at radius 3 is 1.26 bits per heavy atom. The summed E-state index contributed by atoms with van der Waals surface area (Å²) < 4.78 is 4.76. The predicted octanol–water partition coefficient (Wildman–Crippen LogP) is 14.2. The summed E-state index contributed by atoms with van der Waals surface area (Å²) in [6.45, 7) is 0. The van der Waals surface area contributed by atoms with E-state index in [2.05, 4.69) is 231 Å². The summed E-state index contributed by atoms with van der Waals surface area (Å²) in [6.07, 6.45) is 7.77. The van der Waals surface area contributed by atoms with Gasteiger partial charge in [0.15, 0.2) is 0 Å². The third-order valence-corrected chi connectivity index (χ3v) is 12.2. The lowest BCUT2D eigenvalue weighted by molar-refractivity contribution is 0.829. The Labute approximate surface area is 337 Å². The molecule has 0 saturated carbocycles. The van der Waals surface area contributed by atoms with Gasteiger partial charge >= 0.3 is 0 Å². The highest BCUT2D eigenvalue weighted by Gasteiger charge is 2.34. The van der Waals surface area contributed by atoms with Crippen LogP contribution in [0.1, 0.15) is 12.0 Å². The molecule has 1 atom stereocenters. The molecule has 10 aromatic rings. The van der Waals surface area contributed by atoms with Crippen molar-refractivity contribution in [2.24, 2.45) is 0 Å². The van der Waals surface area contributed by atoms with Gasteiger partial charge in [0, 0.05) is 66.9 Å². The molecule has 0 amide bonds. The Bertz CT molecular complexity index is 2990. The molecule has 8 aromatic carbocycles. The molecule has 2 aliphatic rings. The van der Waals surface area contributed by atoms with Crippen molar-refractivity contribution in [1.82, 2.24) is 9.13 Å². The summed E-state index contributed by atoms with van der Waals surface area (Å²) in [6, 6.07) is 71.1. The molecular weight excluding hydrogens is 705 g/mol. The van der Waals surface area contributed by atoms with Gasteiger partial charge in [0.1, 0.15) is 0 Å². The average Bonchev–Trinajstić information content (AvgIpc) is 3.93. The van der Waals surface area contributed by atoms with E-state index in [-0.39, 0.29) is 0 Å². The third kappa shape index (κ3) is 4.95. The zero-order chi connectivity index (χ0) is 38.2. The molecule has 0 saturated heterocycles. The number of rotatable bonds is 6. The molecule has 2 aromatic heterocycles. The maximum absolute atomic E-state index is 2.51. The molecule has 58 heavy (non-hydrogen) atoms. The summed E-state index contributed by atoms with van der Waals surface area (Å²) >= 11 is 0. The van der Waals surface area contributed by atoms with Crippen LogP contribution < -0.4 is 9.80 Å². The van der Waals surface area contributed by atoms with E-state index in [4.69, 9.17) is 0 Å². The van der Waals surface area contributed by atoms with Crippen LogP contribution in [0.4, 0.5) is 28.4 Å². The van der Waals surface area contributed by atoms with Crippen molar-refractivity contribution in [3.8, 4) is 11.4 Å². The number of hydrogen-bond acceptors (Lipinski definition) is 2. The Hall–Kier alpha value is -7.56. The first-order chi connectivity index (χ1) is 28.8. The van der Waals surface area contributed by atoms with Gasteiger partial charge in [-0.3, -0.25) is 0 Å². The van der Waals surface area contributed by atoms with Crippen molar-refractivity contribution in [2.45, 2.75) is 12.5 Å². The van der Waals surface area contributed by atoms with Gasteiger partial charge in [0.2, 0.25) is 0 Å². The Morgan fingerprint density at radius 1 is 0.397 bits per heavy atom. The lowest BCUT2D eigenvalue weighted by Gasteiger charge is -2.30. The molecule has 1 aliphatic heterocycles. The van der Waals surface area contributed by atoms with E-state index >= 15 is 0 Å². The SMILES string of the molecule is C1=CCC2C(=C1)c1ccccc1N2c1ccc(N(c2ccc(-n3c4ccccc4c4ccccc43)cc2)c2ccc(-n3c4ccccc4c4ccccc43)cc2)cc1. The molecule has 0 bridgehead atoms. The van der Waals surface area contributed by atoms with Crippen LogP contribution in [0.3, 0.4) is 0 Å². The van der Waals surface area contributed by atoms with Gasteiger partial charge in [-0.05, 0) is 115 Å². The monoisotopic (exact) mass is 742 g/mol. The number of aromatic nitrogens is 2. The molecule has 4 nitrogen and oxygen atoms in total. The first-order valence-corrected chi connectivity index (χ1v) is 20.1. The summed E-state index contributed by atoms with van der Waals surface area (Å²) in [5.74, 6) is 0. The van der Waals surface area contributed by atoms with Crippen LogP contribution >= 0.6 is 0 Å². The van der Waals surface area contributed by atoms with Crippen molar-refractivity contribution < 1.29 is 0 Å². The van der Waals surface area contributed by atoms with E-state index in [1.807, 2.05) is 0 Å². The number of benzene rings is 8. The number of para-hydroxylation sites is 5. The van der Waals surface area contributed by atoms with Crippen molar-refractivity contribution in [1.29, 1.82) is 0 Å². The van der Waals surface area contributed by atoms with Crippen LogP contribution in [-0.4, -0.2) is 15.2 Å². The number of hydrogen-bond donors (Lipinski definition) is 0. The first-order valence-electron chi connectivity index (χ1n) is 20.1. The van der Waals surface area contributed by atoms with E-state index in [1.165, 1.54) is 66.1 Å². The van der Waals surface area contributed by atoms with Crippen molar-refractivity contribution in [2.75, 3.05) is 9.80 Å². The number of allylic oxidation sites excluding steroid dienone is 2. The molecule has 3 heterocycles. The Balaban J connectivity index is 0.972. The molecule has 0 fully saturated rings. The lowest BCUT2D eigenvalue weighted by Crippen LogP contribution is -2.27. The fourth-order valence-electron chi connectivity index (χ4n) is 9.66. The van der Waals surface area contributed by atoms with E-state index in [0.717, 1.165) is 34.9 Å². The highest BCUT2D eigenvalue weighted by Crippen LogP contribution is 2.48. The molecule has 274 valence electrons. The first kappa shape index (κ1) is 32.7. The molecule has 0 radical (unpaired) electrons. The minimum absolute atomic E-state index is 0.297. The van der Waals surface area contributed by atoms with E-state index in [0.29, 0.717) is 6.04 Å². The van der Waals surface area contributed by atoms with Gasteiger partial charge in [-0.15, -0.1) is 0 Å². The standard InChI is InChI=1S/C54H38N4/c1-7-19-49-43(13-1)44-14-2-8-20-50(44)56(49)40-31-25-37(26-32-40)55(38-27-33-41(34-28-38)57-51-21-9-3-15-45(51)46-16-4-10-22-52(46)57)39-29-35-42(36-30-39)58-53-23-11-5-17-47(53)48-18-6-12-24-54(48)58/h1-23,25-36,54H,24H2. The lowest BCUT2D eigenvalue weighted by atomic mass is 9.96. The van der Waals surface area contributed by atoms with Crippen molar-refractivity contribution >= 4 is 77.6 Å².